The van der Waals surface area contributed by atoms with Crippen molar-refractivity contribution < 1.29 is 29.6 Å². The van der Waals surface area contributed by atoms with Gasteiger partial charge in [0.05, 0.1) is 4.88 Å². The number of nitrogens with two attached hydrogens (primary N) is 1. The molecule has 1 heterocycles. The Morgan fingerprint density at radius 2 is 1.75 bits per heavy atom. The highest BCUT2D eigenvalue weighted by molar-refractivity contribution is 7.12. The number of benzene rings is 1. The molecule has 2 atom stereocenters. The first kappa shape index (κ1) is 26.9. The molecule has 0 bridgehead atoms. The van der Waals surface area contributed by atoms with Crippen molar-refractivity contribution in [2.75, 3.05) is 6.61 Å². The van der Waals surface area contributed by atoms with E-state index >= 15 is 0 Å². The molecule has 1 unspecified atom stereocenters. The van der Waals surface area contributed by atoms with Crippen LogP contribution in [-0.4, -0.2) is 40.1 Å². The molecule has 0 fully saturated rings. The Kier molecular flexibility index (Phi) is 12.5. The Morgan fingerprint density at radius 3 is 2.28 bits per heavy atom. The summed E-state index contributed by atoms with van der Waals surface area (Å²) in [5, 5.41) is 24.9. The van der Waals surface area contributed by atoms with Gasteiger partial charge < -0.3 is 25.8 Å². The number of aryl methyl sites for hydroxylation is 2. The smallest absolute Gasteiger partial charge is 0.328 e. The fourth-order valence-corrected chi connectivity index (χ4v) is 3.22. The van der Waals surface area contributed by atoms with Crippen LogP contribution in [0.3, 0.4) is 0 Å². The molecule has 2 rings (SSSR count). The quantitative estimate of drug-likeness (QED) is 0.257. The molecule has 32 heavy (non-hydrogen) atoms. The van der Waals surface area contributed by atoms with Gasteiger partial charge in [0.25, 0.3) is 0 Å². The third-order valence-electron chi connectivity index (χ3n) is 4.31. The standard InChI is InChI=1S/C20H25NO2S.C4H4O4/c1-3-16-7-9-17(10-8-16)23-14-4-5-18-12-13-19(24-18)11-6-15(2)20(21)22;5-3(6)1-2-4(7)8/h7-10,12-13,15,20,22H,3,6,11,14,21H2,1-2H3;1-2H,(H,5,6)(H,7,8)/t15-,20?;/m1./s1. The fraction of sp³-hybridized carbons (Fsp3) is 0.333. The van der Waals surface area contributed by atoms with Crippen LogP contribution in [0.5, 0.6) is 5.75 Å². The molecule has 2 aromatic rings. The van der Waals surface area contributed by atoms with Crippen molar-refractivity contribution in [3.8, 4) is 17.6 Å². The maximum Gasteiger partial charge on any atom is 0.328 e. The lowest BCUT2D eigenvalue weighted by Gasteiger charge is -2.12. The van der Waals surface area contributed by atoms with Crippen molar-refractivity contribution in [2.45, 2.75) is 39.3 Å². The minimum absolute atomic E-state index is 0.106. The van der Waals surface area contributed by atoms with Gasteiger partial charge in [-0.25, -0.2) is 9.59 Å². The second kappa shape index (κ2) is 14.8. The number of aliphatic hydroxyl groups excluding tert-OH is 1. The number of hydrogen-bond acceptors (Lipinski definition) is 6. The predicted octanol–water partition coefficient (Wildman–Crippen LogP) is 3.30. The van der Waals surface area contributed by atoms with Crippen LogP contribution in [0.1, 0.15) is 35.6 Å². The monoisotopic (exact) mass is 459 g/mol. The number of aliphatic hydroxyl groups is 1. The third kappa shape index (κ3) is 11.9. The van der Waals surface area contributed by atoms with Crippen LogP contribution in [0.4, 0.5) is 0 Å². The van der Waals surface area contributed by atoms with Gasteiger partial charge in [0.2, 0.25) is 0 Å². The number of carbonyl (C=O) groups is 2. The van der Waals surface area contributed by atoms with E-state index in [1.807, 2.05) is 25.1 Å². The summed E-state index contributed by atoms with van der Waals surface area (Å²) in [5.74, 6) is 4.63. The van der Waals surface area contributed by atoms with Crippen LogP contribution in [0.15, 0.2) is 48.6 Å². The molecule has 172 valence electrons. The van der Waals surface area contributed by atoms with E-state index in [-0.39, 0.29) is 5.92 Å². The zero-order valence-electron chi connectivity index (χ0n) is 18.2. The minimum Gasteiger partial charge on any atom is -0.481 e. The van der Waals surface area contributed by atoms with Crippen LogP contribution in [0, 0.1) is 17.8 Å². The maximum absolute atomic E-state index is 9.55. The first-order chi connectivity index (χ1) is 15.2. The molecule has 8 heteroatoms. The van der Waals surface area contributed by atoms with E-state index in [1.54, 1.807) is 11.3 Å². The van der Waals surface area contributed by atoms with Gasteiger partial charge >= 0.3 is 11.9 Å². The van der Waals surface area contributed by atoms with E-state index in [4.69, 9.17) is 20.7 Å². The molecule has 0 amide bonds. The Labute approximate surface area is 192 Å². The SMILES string of the molecule is CCc1ccc(OCC#Cc2ccc(CC[C@@H](C)C(N)O)s2)cc1.O=C(O)C=CC(=O)O. The van der Waals surface area contributed by atoms with Gasteiger partial charge in [0, 0.05) is 17.0 Å². The fourth-order valence-electron chi connectivity index (χ4n) is 2.33. The molecule has 1 aromatic carbocycles. The summed E-state index contributed by atoms with van der Waals surface area (Å²) in [6, 6.07) is 12.2. The van der Waals surface area contributed by atoms with Crippen LogP contribution < -0.4 is 10.5 Å². The second-order valence-corrected chi connectivity index (χ2v) is 8.04. The summed E-state index contributed by atoms with van der Waals surface area (Å²) in [4.78, 5) is 21.4. The Bertz CT molecular complexity index is 921. The number of thiophene rings is 1. The molecule has 0 saturated carbocycles. The van der Waals surface area contributed by atoms with Gasteiger partial charge in [-0.15, -0.1) is 11.3 Å². The molecule has 0 aliphatic heterocycles. The lowest BCUT2D eigenvalue weighted by molar-refractivity contribution is -0.134. The number of aliphatic carboxylic acids is 2. The van der Waals surface area contributed by atoms with E-state index < -0.39 is 18.2 Å². The van der Waals surface area contributed by atoms with Crippen LogP contribution in [0.2, 0.25) is 0 Å². The Balaban J connectivity index is 0.000000547. The second-order valence-electron chi connectivity index (χ2n) is 6.87. The van der Waals surface area contributed by atoms with Crippen LogP contribution >= 0.6 is 11.3 Å². The first-order valence-corrected chi connectivity index (χ1v) is 10.9. The van der Waals surface area contributed by atoms with Gasteiger partial charge in [-0.1, -0.05) is 37.8 Å². The zero-order chi connectivity index (χ0) is 23.9. The zero-order valence-corrected chi connectivity index (χ0v) is 19.0. The third-order valence-corrected chi connectivity index (χ3v) is 5.37. The highest BCUT2D eigenvalue weighted by Gasteiger charge is 2.09. The lowest BCUT2D eigenvalue weighted by Crippen LogP contribution is -2.27. The molecule has 0 spiro atoms. The number of carboxylic acid groups (broad SMARTS) is 2. The van der Waals surface area contributed by atoms with E-state index in [0.717, 1.165) is 29.9 Å². The summed E-state index contributed by atoms with van der Waals surface area (Å²) in [6.07, 6.45) is 3.20. The summed E-state index contributed by atoms with van der Waals surface area (Å²) < 4.78 is 5.63. The topological polar surface area (TPSA) is 130 Å². The minimum atomic E-state index is -1.26. The summed E-state index contributed by atoms with van der Waals surface area (Å²) >= 11 is 1.69. The Hall–Kier alpha value is -3.12. The molecule has 7 nitrogen and oxygen atoms in total. The van der Waals surface area contributed by atoms with Crippen LogP contribution in [0.25, 0.3) is 0 Å². The largest absolute Gasteiger partial charge is 0.481 e. The first-order valence-electron chi connectivity index (χ1n) is 10.1. The summed E-state index contributed by atoms with van der Waals surface area (Å²) in [5.41, 5.74) is 6.78. The number of hydrogen-bond donors (Lipinski definition) is 4. The number of rotatable bonds is 9. The van der Waals surface area contributed by atoms with E-state index in [9.17, 15) is 14.7 Å². The molecule has 0 saturated heterocycles. The molecule has 5 N–H and O–H groups in total. The molecule has 0 radical (unpaired) electrons. The molecule has 0 aliphatic carbocycles. The molecule has 1 aromatic heterocycles. The number of ether oxygens (including phenoxy) is 1. The van der Waals surface area contributed by atoms with Gasteiger partial charge in [-0.2, -0.15) is 0 Å². The van der Waals surface area contributed by atoms with E-state index in [1.165, 1.54) is 10.4 Å². The van der Waals surface area contributed by atoms with Crippen molar-refractivity contribution in [2.24, 2.45) is 11.7 Å². The van der Waals surface area contributed by atoms with Gasteiger partial charge in [0.1, 0.15) is 18.6 Å². The predicted molar refractivity (Wildman–Crippen MR) is 125 cm³/mol. The van der Waals surface area contributed by atoms with Crippen molar-refractivity contribution in [3.05, 3.63) is 63.9 Å². The van der Waals surface area contributed by atoms with Gasteiger partial charge in [-0.05, 0) is 55.0 Å². The molecule has 0 aliphatic rings. The van der Waals surface area contributed by atoms with E-state index in [2.05, 4.69) is 37.0 Å². The van der Waals surface area contributed by atoms with Crippen molar-refractivity contribution >= 4 is 23.3 Å². The average molecular weight is 460 g/mol. The summed E-state index contributed by atoms with van der Waals surface area (Å²) in [7, 11) is 0. The maximum atomic E-state index is 9.55. The normalized spacial score (nSPS) is 12.1. The lowest BCUT2D eigenvalue weighted by atomic mass is 10.0. The Morgan fingerprint density at radius 1 is 1.12 bits per heavy atom. The van der Waals surface area contributed by atoms with Gasteiger partial charge in [0.15, 0.2) is 0 Å². The number of carboxylic acids is 2. The van der Waals surface area contributed by atoms with Crippen molar-refractivity contribution in [1.29, 1.82) is 0 Å². The van der Waals surface area contributed by atoms with Gasteiger partial charge in [-0.3, -0.25) is 0 Å². The summed E-state index contributed by atoms with van der Waals surface area (Å²) in [6.45, 7) is 4.48. The van der Waals surface area contributed by atoms with E-state index in [0.29, 0.717) is 18.8 Å². The highest BCUT2D eigenvalue weighted by Crippen LogP contribution is 2.19. The van der Waals surface area contributed by atoms with Crippen molar-refractivity contribution in [3.63, 3.8) is 0 Å². The molecular weight excluding hydrogens is 430 g/mol. The molecular formula is C24H29NO6S. The average Bonchev–Trinajstić information content (AvgIpc) is 3.22. The van der Waals surface area contributed by atoms with Crippen LogP contribution in [-0.2, 0) is 22.4 Å². The van der Waals surface area contributed by atoms with Crippen molar-refractivity contribution in [1.82, 2.24) is 0 Å². The highest BCUT2D eigenvalue weighted by atomic mass is 32.1.